The lowest BCUT2D eigenvalue weighted by atomic mass is 10.1. The number of hydrogen-bond acceptors (Lipinski definition) is 4. The van der Waals surface area contributed by atoms with Gasteiger partial charge >= 0.3 is 0 Å². The van der Waals surface area contributed by atoms with Gasteiger partial charge in [0.2, 0.25) is 0 Å². The van der Waals surface area contributed by atoms with Crippen molar-refractivity contribution in [2.75, 3.05) is 5.73 Å². The van der Waals surface area contributed by atoms with Gasteiger partial charge in [-0.15, -0.1) is 0 Å². The summed E-state index contributed by atoms with van der Waals surface area (Å²) in [6.45, 7) is 1.99. The number of H-pyrrole nitrogens is 1. The van der Waals surface area contributed by atoms with E-state index in [4.69, 9.17) is 5.73 Å². The summed E-state index contributed by atoms with van der Waals surface area (Å²) >= 11 is 1.66. The molecular weight excluding hydrogens is 272 g/mol. The van der Waals surface area contributed by atoms with Crippen molar-refractivity contribution in [1.29, 1.82) is 0 Å². The van der Waals surface area contributed by atoms with E-state index in [1.807, 2.05) is 12.3 Å². The van der Waals surface area contributed by atoms with Crippen molar-refractivity contribution in [2.45, 2.75) is 38.1 Å². The third-order valence-electron chi connectivity index (χ3n) is 3.53. The predicted molar refractivity (Wildman–Crippen MR) is 79.9 cm³/mol. The molecule has 1 amide bonds. The molecule has 0 saturated heterocycles. The zero-order valence-corrected chi connectivity index (χ0v) is 12.2. The minimum atomic E-state index is -0.201. The fraction of sp³-hybridized carbons (Fsp3) is 0.429. The molecule has 6 heteroatoms. The summed E-state index contributed by atoms with van der Waals surface area (Å²) in [6.07, 6.45) is 3.07. The van der Waals surface area contributed by atoms with Gasteiger partial charge in [-0.25, -0.2) is 0 Å². The number of nitrogens with two attached hydrogens (primary N) is 1. The number of carbonyl (C=O) groups is 1. The van der Waals surface area contributed by atoms with E-state index in [1.165, 1.54) is 5.56 Å². The lowest BCUT2D eigenvalue weighted by Crippen LogP contribution is -2.34. The molecule has 106 valence electrons. The highest BCUT2D eigenvalue weighted by molar-refractivity contribution is 7.07. The van der Waals surface area contributed by atoms with Crippen LogP contribution in [-0.2, 0) is 6.42 Å². The number of nitrogens with one attached hydrogen (secondary N) is 2. The molecular formula is C14H18N4OS. The summed E-state index contributed by atoms with van der Waals surface area (Å²) in [7, 11) is 0. The SMILES string of the molecule is CC(Cc1ccsc1)NC(=O)c1n[nH]c(C2CC2)c1N. The van der Waals surface area contributed by atoms with Crippen molar-refractivity contribution in [3.8, 4) is 0 Å². The summed E-state index contributed by atoms with van der Waals surface area (Å²) in [5.74, 6) is 0.264. The first kappa shape index (κ1) is 13.2. The Morgan fingerprint density at radius 2 is 2.45 bits per heavy atom. The molecule has 0 bridgehead atoms. The van der Waals surface area contributed by atoms with Crippen LogP contribution >= 0.6 is 11.3 Å². The van der Waals surface area contributed by atoms with Gasteiger partial charge in [0.1, 0.15) is 0 Å². The Hall–Kier alpha value is -1.82. The fourth-order valence-electron chi connectivity index (χ4n) is 2.33. The monoisotopic (exact) mass is 290 g/mol. The van der Waals surface area contributed by atoms with E-state index in [2.05, 4.69) is 27.0 Å². The Bertz CT molecular complexity index is 601. The van der Waals surface area contributed by atoms with Gasteiger partial charge in [0.05, 0.1) is 11.4 Å². The van der Waals surface area contributed by atoms with Crippen molar-refractivity contribution in [3.05, 3.63) is 33.8 Å². The Morgan fingerprint density at radius 1 is 1.65 bits per heavy atom. The number of aromatic amines is 1. The van der Waals surface area contributed by atoms with Crippen molar-refractivity contribution in [2.24, 2.45) is 0 Å². The number of aromatic nitrogens is 2. The number of amides is 1. The summed E-state index contributed by atoms with van der Waals surface area (Å²) < 4.78 is 0. The van der Waals surface area contributed by atoms with Crippen molar-refractivity contribution in [1.82, 2.24) is 15.5 Å². The van der Waals surface area contributed by atoms with Gasteiger partial charge in [-0.3, -0.25) is 9.89 Å². The molecule has 1 aliphatic carbocycles. The highest BCUT2D eigenvalue weighted by Crippen LogP contribution is 2.42. The molecule has 0 spiro atoms. The molecule has 1 unspecified atom stereocenters. The molecule has 0 radical (unpaired) electrons. The normalized spacial score (nSPS) is 16.1. The zero-order chi connectivity index (χ0) is 14.1. The number of hydrogen-bond donors (Lipinski definition) is 3. The minimum Gasteiger partial charge on any atom is -0.395 e. The van der Waals surface area contributed by atoms with Crippen LogP contribution in [0, 0.1) is 0 Å². The highest BCUT2D eigenvalue weighted by Gasteiger charge is 2.30. The van der Waals surface area contributed by atoms with Crippen LogP contribution in [0.2, 0.25) is 0 Å². The molecule has 1 aliphatic rings. The average Bonchev–Trinajstić information content (AvgIpc) is 2.97. The third kappa shape index (κ3) is 2.70. The van der Waals surface area contributed by atoms with Gasteiger partial charge in [0.15, 0.2) is 5.69 Å². The lowest BCUT2D eigenvalue weighted by Gasteiger charge is -2.12. The van der Waals surface area contributed by atoms with Crippen molar-refractivity contribution in [3.63, 3.8) is 0 Å². The Morgan fingerprint density at radius 3 is 3.10 bits per heavy atom. The van der Waals surface area contributed by atoms with Crippen molar-refractivity contribution >= 4 is 22.9 Å². The number of thiophene rings is 1. The number of carbonyl (C=O) groups excluding carboxylic acids is 1. The van der Waals surface area contributed by atoms with Crippen LogP contribution in [0.4, 0.5) is 5.69 Å². The topological polar surface area (TPSA) is 83.8 Å². The Balaban J connectivity index is 1.63. The summed E-state index contributed by atoms with van der Waals surface area (Å²) in [6, 6.07) is 2.12. The third-order valence-corrected chi connectivity index (χ3v) is 4.27. The van der Waals surface area contributed by atoms with Crippen LogP contribution in [0.3, 0.4) is 0 Å². The van der Waals surface area contributed by atoms with Crippen LogP contribution in [0.25, 0.3) is 0 Å². The van der Waals surface area contributed by atoms with E-state index in [9.17, 15) is 4.79 Å². The largest absolute Gasteiger partial charge is 0.395 e. The van der Waals surface area contributed by atoms with Crippen LogP contribution in [0.1, 0.15) is 47.4 Å². The maximum absolute atomic E-state index is 12.2. The lowest BCUT2D eigenvalue weighted by molar-refractivity contribution is 0.0936. The molecule has 0 aliphatic heterocycles. The smallest absolute Gasteiger partial charge is 0.274 e. The second-order valence-corrected chi connectivity index (χ2v) is 6.16. The van der Waals surface area contributed by atoms with Crippen molar-refractivity contribution < 1.29 is 4.79 Å². The van der Waals surface area contributed by atoms with E-state index in [0.29, 0.717) is 17.3 Å². The molecule has 4 N–H and O–H groups in total. The summed E-state index contributed by atoms with van der Waals surface area (Å²) in [5.41, 5.74) is 8.98. The average molecular weight is 290 g/mol. The maximum atomic E-state index is 12.2. The van der Waals surface area contributed by atoms with Gasteiger partial charge in [-0.05, 0) is 48.6 Å². The van der Waals surface area contributed by atoms with E-state index < -0.39 is 0 Å². The zero-order valence-electron chi connectivity index (χ0n) is 11.3. The van der Waals surface area contributed by atoms with E-state index in [1.54, 1.807) is 11.3 Å². The number of nitrogen functional groups attached to an aromatic ring is 1. The van der Waals surface area contributed by atoms with E-state index >= 15 is 0 Å². The molecule has 5 nitrogen and oxygen atoms in total. The van der Waals surface area contributed by atoms with Crippen LogP contribution < -0.4 is 11.1 Å². The van der Waals surface area contributed by atoms with Crippen LogP contribution in [-0.4, -0.2) is 22.1 Å². The fourth-order valence-corrected chi connectivity index (χ4v) is 3.01. The van der Waals surface area contributed by atoms with Gasteiger partial charge in [0, 0.05) is 12.0 Å². The molecule has 1 fully saturated rings. The maximum Gasteiger partial charge on any atom is 0.274 e. The van der Waals surface area contributed by atoms with Gasteiger partial charge in [-0.2, -0.15) is 16.4 Å². The van der Waals surface area contributed by atoms with E-state index in [0.717, 1.165) is 25.0 Å². The first-order valence-corrected chi connectivity index (χ1v) is 7.75. The minimum absolute atomic E-state index is 0.0533. The molecule has 1 atom stereocenters. The van der Waals surface area contributed by atoms with Gasteiger partial charge in [-0.1, -0.05) is 0 Å². The standard InChI is InChI=1S/C14H18N4OS/c1-8(6-9-4-5-20-7-9)16-14(19)13-11(15)12(17-18-13)10-2-3-10/h4-5,7-8,10H,2-3,6,15H2,1H3,(H,16,19)(H,17,18). The number of rotatable bonds is 5. The number of nitrogens with zero attached hydrogens (tertiary/aromatic N) is 1. The molecule has 20 heavy (non-hydrogen) atoms. The Labute approximate surface area is 121 Å². The van der Waals surface area contributed by atoms with Gasteiger partial charge < -0.3 is 11.1 Å². The van der Waals surface area contributed by atoms with E-state index in [-0.39, 0.29) is 11.9 Å². The quantitative estimate of drug-likeness (QED) is 0.790. The van der Waals surface area contributed by atoms with Crippen LogP contribution in [0.15, 0.2) is 16.8 Å². The van der Waals surface area contributed by atoms with Gasteiger partial charge in [0.25, 0.3) is 5.91 Å². The predicted octanol–water partition coefficient (Wildman–Crippen LogP) is 2.29. The second-order valence-electron chi connectivity index (χ2n) is 5.38. The second kappa shape index (κ2) is 5.28. The molecule has 2 aromatic heterocycles. The number of anilines is 1. The molecule has 2 heterocycles. The van der Waals surface area contributed by atoms with Crippen LogP contribution in [0.5, 0.6) is 0 Å². The molecule has 0 aromatic carbocycles. The molecule has 2 aromatic rings. The first-order chi connectivity index (χ1) is 9.65. The highest BCUT2D eigenvalue weighted by atomic mass is 32.1. The Kier molecular flexibility index (Phi) is 3.48. The first-order valence-electron chi connectivity index (χ1n) is 6.81. The summed E-state index contributed by atoms with van der Waals surface area (Å²) in [4.78, 5) is 12.2. The molecule has 3 rings (SSSR count). The molecule has 1 saturated carbocycles. The summed E-state index contributed by atoms with van der Waals surface area (Å²) in [5, 5.41) is 14.1.